The van der Waals surface area contributed by atoms with Crippen LogP contribution in [0, 0.1) is 10.1 Å². The van der Waals surface area contributed by atoms with Crippen LogP contribution in [0.4, 0.5) is 11.6 Å². The molecule has 34 heavy (non-hydrogen) atoms. The van der Waals surface area contributed by atoms with Crippen LogP contribution < -0.4 is 5.32 Å². The van der Waals surface area contributed by atoms with E-state index < -0.39 is 16.9 Å². The number of nitrogens with one attached hydrogen (secondary N) is 1. The van der Waals surface area contributed by atoms with Gasteiger partial charge in [-0.05, 0) is 31.0 Å². The minimum atomic E-state index is -0.597. The number of aromatic nitrogens is 2. The fourth-order valence-corrected chi connectivity index (χ4v) is 4.48. The van der Waals surface area contributed by atoms with Gasteiger partial charge < -0.3 is 10.1 Å². The number of hydrogen-bond donors (Lipinski definition) is 1. The molecule has 8 heteroatoms. The predicted molar refractivity (Wildman–Crippen MR) is 132 cm³/mol. The number of anilines is 1. The molecule has 0 saturated heterocycles. The van der Waals surface area contributed by atoms with Crippen LogP contribution in [-0.2, 0) is 9.53 Å². The summed E-state index contributed by atoms with van der Waals surface area (Å²) in [5.74, 6) is 0.168. The molecule has 1 aromatic heterocycles. The van der Waals surface area contributed by atoms with Crippen LogP contribution in [0.2, 0.25) is 0 Å². The van der Waals surface area contributed by atoms with Gasteiger partial charge in [-0.1, -0.05) is 63.3 Å². The van der Waals surface area contributed by atoms with E-state index in [1.54, 1.807) is 12.1 Å². The van der Waals surface area contributed by atoms with E-state index in [1.165, 1.54) is 31.4 Å². The Labute approximate surface area is 198 Å². The van der Waals surface area contributed by atoms with Crippen LogP contribution in [0.15, 0.2) is 59.8 Å². The first-order valence-corrected chi connectivity index (χ1v) is 11.9. The predicted octanol–water partition coefficient (Wildman–Crippen LogP) is 6.14. The van der Waals surface area contributed by atoms with Crippen LogP contribution in [0.25, 0.3) is 11.0 Å². The number of non-ortho nitro benzene ring substituents is 1. The number of ether oxygens (including phenoxy) is 1. The topological polar surface area (TPSA) is 99.3 Å². The summed E-state index contributed by atoms with van der Waals surface area (Å²) in [6.45, 7) is 4.35. The zero-order valence-electron chi connectivity index (χ0n) is 19.6. The number of carbonyl (C=O) groups excluding carboxylic acids is 1. The number of nitro groups is 1. The maximum Gasteiger partial charge on any atom is 0.338 e. The maximum absolute atomic E-state index is 13.3. The van der Waals surface area contributed by atoms with E-state index >= 15 is 0 Å². The molecule has 0 amide bonds. The summed E-state index contributed by atoms with van der Waals surface area (Å²) in [6.07, 6.45) is 6.59. The third kappa shape index (κ3) is 4.81. The number of benzene rings is 2. The smallest absolute Gasteiger partial charge is 0.338 e. The highest BCUT2D eigenvalue weighted by Gasteiger charge is 2.35. The van der Waals surface area contributed by atoms with Crippen molar-refractivity contribution in [2.45, 2.75) is 58.4 Å². The van der Waals surface area contributed by atoms with Gasteiger partial charge in [0, 0.05) is 17.8 Å². The third-order valence-electron chi connectivity index (χ3n) is 6.18. The summed E-state index contributed by atoms with van der Waals surface area (Å²) >= 11 is 0. The number of rotatable bonds is 10. The Morgan fingerprint density at radius 3 is 2.68 bits per heavy atom. The van der Waals surface area contributed by atoms with Gasteiger partial charge in [0.25, 0.3) is 5.69 Å². The van der Waals surface area contributed by atoms with Gasteiger partial charge in [-0.15, -0.1) is 0 Å². The Bertz CT molecular complexity index is 1230. The molecule has 0 spiro atoms. The molecule has 0 unspecified atom stereocenters. The van der Waals surface area contributed by atoms with Crippen molar-refractivity contribution < 1.29 is 14.5 Å². The molecule has 1 N–H and O–H groups in total. The Morgan fingerprint density at radius 1 is 1.12 bits per heavy atom. The zero-order valence-corrected chi connectivity index (χ0v) is 19.6. The standard InChI is InChI=1S/C26H30N4O4/c1-3-4-5-6-7-10-16-34-25(31)23-18(2)27-26-28-21-14-8-9-15-22(21)29(26)24(23)19-12-11-13-20(17-19)30(32)33/h8-9,11-15,17,24H,3-7,10,16H2,1-2H3,(H,27,28)/t24-/m0/s1. The van der Waals surface area contributed by atoms with E-state index in [-0.39, 0.29) is 5.69 Å². The SMILES string of the molecule is CCCCCCCCOC(=O)C1=C(C)Nc2nc3ccccc3n2[C@H]1c1cccc([N+](=O)[O-])c1. The minimum absolute atomic E-state index is 0.0283. The van der Waals surface area contributed by atoms with Crippen molar-refractivity contribution in [1.82, 2.24) is 9.55 Å². The van der Waals surface area contributed by atoms with Gasteiger partial charge >= 0.3 is 5.97 Å². The highest BCUT2D eigenvalue weighted by molar-refractivity contribution is 5.94. The third-order valence-corrected chi connectivity index (χ3v) is 6.18. The van der Waals surface area contributed by atoms with Gasteiger partial charge in [-0.3, -0.25) is 14.7 Å². The van der Waals surface area contributed by atoms with E-state index in [1.807, 2.05) is 35.8 Å². The van der Waals surface area contributed by atoms with Crippen LogP contribution in [0.1, 0.15) is 64.0 Å². The number of esters is 1. The van der Waals surface area contributed by atoms with Gasteiger partial charge in [0.15, 0.2) is 0 Å². The monoisotopic (exact) mass is 462 g/mol. The normalized spacial score (nSPS) is 15.2. The molecule has 2 aromatic carbocycles. The largest absolute Gasteiger partial charge is 0.462 e. The lowest BCUT2D eigenvalue weighted by Crippen LogP contribution is -2.29. The summed E-state index contributed by atoms with van der Waals surface area (Å²) in [6, 6.07) is 13.5. The summed E-state index contributed by atoms with van der Waals surface area (Å²) in [7, 11) is 0. The molecule has 0 bridgehead atoms. The Morgan fingerprint density at radius 2 is 1.88 bits per heavy atom. The molecule has 1 atom stereocenters. The van der Waals surface area contributed by atoms with E-state index in [9.17, 15) is 14.9 Å². The number of nitrogens with zero attached hydrogens (tertiary/aromatic N) is 3. The van der Waals surface area contributed by atoms with Crippen molar-refractivity contribution in [2.24, 2.45) is 0 Å². The molecule has 0 aliphatic carbocycles. The molecule has 4 rings (SSSR count). The number of carbonyl (C=O) groups is 1. The molecule has 0 radical (unpaired) electrons. The maximum atomic E-state index is 13.3. The van der Waals surface area contributed by atoms with E-state index in [2.05, 4.69) is 17.2 Å². The Hall–Kier alpha value is -3.68. The van der Waals surface area contributed by atoms with E-state index in [0.717, 1.165) is 30.3 Å². The second-order valence-corrected chi connectivity index (χ2v) is 8.62. The average Bonchev–Trinajstić information content (AvgIpc) is 3.20. The molecule has 8 nitrogen and oxygen atoms in total. The average molecular weight is 463 g/mol. The van der Waals surface area contributed by atoms with Crippen molar-refractivity contribution in [3.63, 3.8) is 0 Å². The van der Waals surface area contributed by atoms with Crippen molar-refractivity contribution in [2.75, 3.05) is 11.9 Å². The first kappa shape index (κ1) is 23.5. The number of allylic oxidation sites excluding steroid dienone is 1. The first-order valence-electron chi connectivity index (χ1n) is 11.9. The van der Waals surface area contributed by atoms with Crippen LogP contribution in [-0.4, -0.2) is 27.1 Å². The summed E-state index contributed by atoms with van der Waals surface area (Å²) in [5, 5.41) is 14.7. The van der Waals surface area contributed by atoms with Crippen molar-refractivity contribution in [1.29, 1.82) is 0 Å². The molecular formula is C26H30N4O4. The lowest BCUT2D eigenvalue weighted by molar-refractivity contribution is -0.384. The molecule has 2 heterocycles. The lowest BCUT2D eigenvalue weighted by atomic mass is 9.94. The molecule has 3 aromatic rings. The fourth-order valence-electron chi connectivity index (χ4n) is 4.48. The number of imidazole rings is 1. The van der Waals surface area contributed by atoms with Crippen LogP contribution in [0.3, 0.4) is 0 Å². The summed E-state index contributed by atoms with van der Waals surface area (Å²) in [4.78, 5) is 29.0. The van der Waals surface area contributed by atoms with E-state index in [4.69, 9.17) is 4.74 Å². The Kier molecular flexibility index (Phi) is 7.25. The quantitative estimate of drug-likeness (QED) is 0.168. The van der Waals surface area contributed by atoms with Gasteiger partial charge in [-0.2, -0.15) is 0 Å². The van der Waals surface area contributed by atoms with Crippen LogP contribution >= 0.6 is 0 Å². The van der Waals surface area contributed by atoms with Gasteiger partial charge in [0.2, 0.25) is 5.95 Å². The molecule has 1 aliphatic rings. The summed E-state index contributed by atoms with van der Waals surface area (Å²) in [5.41, 5.74) is 3.27. The van der Waals surface area contributed by atoms with E-state index in [0.29, 0.717) is 29.4 Å². The molecule has 0 fully saturated rings. The lowest BCUT2D eigenvalue weighted by Gasteiger charge is -2.30. The number of nitro benzene ring substituents is 1. The number of para-hydroxylation sites is 2. The zero-order chi connectivity index (χ0) is 24.1. The highest BCUT2D eigenvalue weighted by Crippen LogP contribution is 2.40. The molecule has 0 saturated carbocycles. The molecular weight excluding hydrogens is 432 g/mol. The highest BCUT2D eigenvalue weighted by atomic mass is 16.6. The first-order chi connectivity index (χ1) is 16.5. The minimum Gasteiger partial charge on any atom is -0.462 e. The molecule has 1 aliphatic heterocycles. The second-order valence-electron chi connectivity index (χ2n) is 8.62. The van der Waals surface area contributed by atoms with Crippen molar-refractivity contribution in [3.8, 4) is 0 Å². The van der Waals surface area contributed by atoms with Gasteiger partial charge in [0.05, 0.1) is 34.2 Å². The van der Waals surface area contributed by atoms with Crippen LogP contribution in [0.5, 0.6) is 0 Å². The second kappa shape index (κ2) is 10.5. The van der Waals surface area contributed by atoms with Gasteiger partial charge in [0.1, 0.15) is 0 Å². The van der Waals surface area contributed by atoms with Gasteiger partial charge in [-0.25, -0.2) is 9.78 Å². The molecule has 178 valence electrons. The summed E-state index contributed by atoms with van der Waals surface area (Å²) < 4.78 is 7.61. The fraction of sp³-hybridized carbons (Fsp3) is 0.385. The number of fused-ring (bicyclic) bond motifs is 3. The van der Waals surface area contributed by atoms with Crippen molar-refractivity contribution in [3.05, 3.63) is 75.5 Å². The Balaban J connectivity index is 1.66. The van der Waals surface area contributed by atoms with Crippen molar-refractivity contribution >= 4 is 28.6 Å². The number of hydrogen-bond acceptors (Lipinski definition) is 6. The number of unbranched alkanes of at least 4 members (excludes halogenated alkanes) is 5.